The molecule has 2 saturated heterocycles. The number of hydrogen-bond donors (Lipinski definition) is 2. The highest BCUT2D eigenvalue weighted by molar-refractivity contribution is 5.82. The summed E-state index contributed by atoms with van der Waals surface area (Å²) in [6.45, 7) is 0.00998. The van der Waals surface area contributed by atoms with Crippen LogP contribution in [-0.2, 0) is 9.53 Å². The summed E-state index contributed by atoms with van der Waals surface area (Å²) in [5.41, 5.74) is 0.619. The summed E-state index contributed by atoms with van der Waals surface area (Å²) in [7, 11) is 0. The topological polar surface area (TPSA) is 62.8 Å². The zero-order chi connectivity index (χ0) is 16.9. The molecule has 2 heterocycles. The van der Waals surface area contributed by atoms with Gasteiger partial charge in [0.15, 0.2) is 0 Å². The maximum Gasteiger partial charge on any atom is 0.387 e. The number of hydrogen-bond acceptors (Lipinski definition) is 5. The lowest BCUT2D eigenvalue weighted by atomic mass is 10.2. The van der Waals surface area contributed by atoms with Crippen molar-refractivity contribution in [3.8, 4) is 5.75 Å². The van der Waals surface area contributed by atoms with Gasteiger partial charge in [0, 0.05) is 25.7 Å². The molecule has 6 nitrogen and oxygen atoms in total. The first-order valence-electron chi connectivity index (χ1n) is 8.04. The lowest BCUT2D eigenvalue weighted by Gasteiger charge is -2.25. The number of morpholine rings is 1. The highest BCUT2D eigenvalue weighted by Gasteiger charge is 2.29. The molecular weight excluding hydrogens is 320 g/mol. The zero-order valence-electron chi connectivity index (χ0n) is 13.2. The minimum atomic E-state index is -2.86. The highest BCUT2D eigenvalue weighted by Crippen LogP contribution is 2.31. The molecule has 132 valence electrons. The minimum Gasteiger partial charge on any atom is -0.433 e. The SMILES string of the molecule is O=C(NC1CCN(c2ccccc2OC(F)F)C1)C1COCCN1. The van der Waals surface area contributed by atoms with E-state index in [9.17, 15) is 13.6 Å². The van der Waals surface area contributed by atoms with E-state index < -0.39 is 6.61 Å². The van der Waals surface area contributed by atoms with Crippen LogP contribution in [0.25, 0.3) is 0 Å². The summed E-state index contributed by atoms with van der Waals surface area (Å²) in [5.74, 6) is 0.0699. The Labute approximate surface area is 139 Å². The third-order valence-electron chi connectivity index (χ3n) is 4.19. The van der Waals surface area contributed by atoms with E-state index in [1.807, 2.05) is 4.90 Å². The number of anilines is 1. The molecule has 8 heteroatoms. The van der Waals surface area contributed by atoms with Crippen LogP contribution in [0.4, 0.5) is 14.5 Å². The van der Waals surface area contributed by atoms with E-state index in [1.165, 1.54) is 6.07 Å². The molecule has 1 amide bonds. The van der Waals surface area contributed by atoms with Crippen LogP contribution in [0.3, 0.4) is 0 Å². The predicted molar refractivity (Wildman–Crippen MR) is 84.4 cm³/mol. The fourth-order valence-corrected chi connectivity index (χ4v) is 3.05. The first-order chi connectivity index (χ1) is 11.6. The van der Waals surface area contributed by atoms with Crippen molar-refractivity contribution < 1.29 is 23.0 Å². The van der Waals surface area contributed by atoms with Gasteiger partial charge in [-0.2, -0.15) is 8.78 Å². The first-order valence-corrected chi connectivity index (χ1v) is 8.04. The molecule has 1 aromatic carbocycles. The number of alkyl halides is 2. The molecule has 0 spiro atoms. The number of halogens is 2. The van der Waals surface area contributed by atoms with Gasteiger partial charge in [0.25, 0.3) is 0 Å². The number of benzene rings is 1. The molecule has 2 aliphatic heterocycles. The summed E-state index contributed by atoms with van der Waals surface area (Å²) in [5, 5.41) is 6.11. The maximum atomic E-state index is 12.5. The normalized spacial score (nSPS) is 24.2. The molecule has 0 aromatic heterocycles. The van der Waals surface area contributed by atoms with Crippen LogP contribution in [0.1, 0.15) is 6.42 Å². The van der Waals surface area contributed by atoms with E-state index in [4.69, 9.17) is 4.74 Å². The smallest absolute Gasteiger partial charge is 0.387 e. The largest absolute Gasteiger partial charge is 0.433 e. The molecule has 0 aliphatic carbocycles. The molecule has 2 N–H and O–H groups in total. The van der Waals surface area contributed by atoms with Crippen molar-refractivity contribution in [2.24, 2.45) is 0 Å². The molecule has 3 rings (SSSR count). The van der Waals surface area contributed by atoms with Gasteiger partial charge in [-0.25, -0.2) is 0 Å². The van der Waals surface area contributed by atoms with E-state index >= 15 is 0 Å². The number of nitrogens with one attached hydrogen (secondary N) is 2. The van der Waals surface area contributed by atoms with E-state index in [0.29, 0.717) is 38.5 Å². The Hall–Kier alpha value is -1.93. The number of rotatable bonds is 5. The molecule has 2 aliphatic rings. The lowest BCUT2D eigenvalue weighted by Crippen LogP contribution is -2.53. The summed E-state index contributed by atoms with van der Waals surface area (Å²) in [6, 6.07) is 6.35. The van der Waals surface area contributed by atoms with Crippen LogP contribution < -0.4 is 20.3 Å². The number of amides is 1. The quantitative estimate of drug-likeness (QED) is 0.836. The van der Waals surface area contributed by atoms with E-state index in [2.05, 4.69) is 15.4 Å². The molecule has 2 unspecified atom stereocenters. The monoisotopic (exact) mass is 341 g/mol. The summed E-state index contributed by atoms with van der Waals surface area (Å²) >= 11 is 0. The molecule has 0 saturated carbocycles. The van der Waals surface area contributed by atoms with Gasteiger partial charge in [-0.3, -0.25) is 4.79 Å². The molecule has 2 atom stereocenters. The summed E-state index contributed by atoms with van der Waals surface area (Å²) in [6.07, 6.45) is 0.752. The van der Waals surface area contributed by atoms with Crippen molar-refractivity contribution in [3.05, 3.63) is 24.3 Å². The Bertz CT molecular complexity index is 567. The van der Waals surface area contributed by atoms with Crippen molar-refractivity contribution in [2.45, 2.75) is 25.1 Å². The van der Waals surface area contributed by atoms with Crippen molar-refractivity contribution in [1.29, 1.82) is 0 Å². The minimum absolute atomic E-state index is 0.0270. The van der Waals surface area contributed by atoms with Gasteiger partial charge in [-0.1, -0.05) is 12.1 Å². The van der Waals surface area contributed by atoms with E-state index in [1.54, 1.807) is 18.2 Å². The molecule has 1 aromatic rings. The van der Waals surface area contributed by atoms with Crippen LogP contribution in [0, 0.1) is 0 Å². The van der Waals surface area contributed by atoms with Gasteiger partial charge in [0.05, 0.1) is 18.9 Å². The van der Waals surface area contributed by atoms with Crippen molar-refractivity contribution in [2.75, 3.05) is 37.7 Å². The fraction of sp³-hybridized carbons (Fsp3) is 0.562. The third kappa shape index (κ3) is 4.12. The summed E-state index contributed by atoms with van der Waals surface area (Å²) < 4.78 is 34.9. The van der Waals surface area contributed by atoms with Crippen molar-refractivity contribution in [1.82, 2.24) is 10.6 Å². The van der Waals surface area contributed by atoms with E-state index in [-0.39, 0.29) is 23.7 Å². The average Bonchev–Trinajstić information content (AvgIpc) is 3.04. The van der Waals surface area contributed by atoms with Gasteiger partial charge < -0.3 is 25.0 Å². The Balaban J connectivity index is 1.58. The second kappa shape index (κ2) is 7.76. The van der Waals surface area contributed by atoms with Gasteiger partial charge >= 0.3 is 6.61 Å². The predicted octanol–water partition coefficient (Wildman–Crippen LogP) is 0.971. The number of ether oxygens (including phenoxy) is 2. The van der Waals surface area contributed by atoms with Crippen LogP contribution in [0.2, 0.25) is 0 Å². The second-order valence-electron chi connectivity index (χ2n) is 5.87. The van der Waals surface area contributed by atoms with Gasteiger partial charge in [-0.15, -0.1) is 0 Å². The maximum absolute atomic E-state index is 12.5. The Morgan fingerprint density at radius 2 is 2.25 bits per heavy atom. The van der Waals surface area contributed by atoms with Crippen LogP contribution >= 0.6 is 0 Å². The number of carbonyl (C=O) groups excluding carboxylic acids is 1. The third-order valence-corrected chi connectivity index (χ3v) is 4.19. The number of carbonyl (C=O) groups is 1. The van der Waals surface area contributed by atoms with E-state index in [0.717, 1.165) is 6.42 Å². The van der Waals surface area contributed by atoms with Gasteiger partial charge in [-0.05, 0) is 18.6 Å². The number of nitrogens with zero attached hydrogens (tertiary/aromatic N) is 1. The summed E-state index contributed by atoms with van der Waals surface area (Å²) in [4.78, 5) is 14.2. The molecule has 0 radical (unpaired) electrons. The molecular formula is C16H21F2N3O3. The lowest BCUT2D eigenvalue weighted by molar-refractivity contribution is -0.126. The van der Waals surface area contributed by atoms with Gasteiger partial charge in [0.2, 0.25) is 5.91 Å². The van der Waals surface area contributed by atoms with Crippen LogP contribution in [-0.4, -0.2) is 57.5 Å². The van der Waals surface area contributed by atoms with Crippen molar-refractivity contribution in [3.63, 3.8) is 0 Å². The average molecular weight is 341 g/mol. The molecule has 24 heavy (non-hydrogen) atoms. The standard InChI is InChI=1S/C16H21F2N3O3/c17-16(18)24-14-4-2-1-3-13(14)21-7-5-11(9-21)20-15(22)12-10-23-8-6-19-12/h1-4,11-12,16,19H,5-10H2,(H,20,22). The van der Waals surface area contributed by atoms with Crippen LogP contribution in [0.15, 0.2) is 24.3 Å². The molecule has 0 bridgehead atoms. The first kappa shape index (κ1) is 16.9. The Morgan fingerprint density at radius 3 is 3.00 bits per heavy atom. The number of para-hydroxylation sites is 2. The Morgan fingerprint density at radius 1 is 1.42 bits per heavy atom. The van der Waals surface area contributed by atoms with Gasteiger partial charge in [0.1, 0.15) is 11.8 Å². The second-order valence-corrected chi connectivity index (χ2v) is 5.87. The fourth-order valence-electron chi connectivity index (χ4n) is 3.05. The molecule has 2 fully saturated rings. The Kier molecular flexibility index (Phi) is 5.47. The van der Waals surface area contributed by atoms with Crippen molar-refractivity contribution >= 4 is 11.6 Å². The zero-order valence-corrected chi connectivity index (χ0v) is 13.2. The highest BCUT2D eigenvalue weighted by atomic mass is 19.3. The van der Waals surface area contributed by atoms with Crippen LogP contribution in [0.5, 0.6) is 5.75 Å².